The average Bonchev–Trinajstić information content (AvgIpc) is 3.08. The first kappa shape index (κ1) is 15.7. The number of esters is 1. The van der Waals surface area contributed by atoms with E-state index in [-0.39, 0.29) is 30.4 Å². The lowest BCUT2D eigenvalue weighted by atomic mass is 10.3. The number of amides is 1. The number of aryl methyl sites for hydroxylation is 1. The smallest absolute Gasteiger partial charge is 0.343 e. The van der Waals surface area contributed by atoms with Gasteiger partial charge in [0, 0.05) is 20.4 Å². The number of anilines is 1. The minimum Gasteiger partial charge on any atom is -0.462 e. The summed E-state index contributed by atoms with van der Waals surface area (Å²) >= 11 is 0. The van der Waals surface area contributed by atoms with E-state index in [4.69, 9.17) is 9.47 Å². The number of carbonyl (C=O) groups excluding carboxylic acids is 2. The Morgan fingerprint density at radius 3 is 2.86 bits per heavy atom. The predicted octanol–water partition coefficient (Wildman–Crippen LogP) is 0.649. The molecular formula is C13H17N5O4. The second-order valence-electron chi connectivity index (χ2n) is 4.36. The molecule has 2 heterocycles. The topological polar surface area (TPSA) is 100 Å². The number of aromatic nitrogens is 4. The zero-order chi connectivity index (χ0) is 16.1. The maximum atomic E-state index is 12.2. The molecule has 1 N–H and O–H groups in total. The number of nitrogens with one attached hydrogen (secondary N) is 1. The Labute approximate surface area is 126 Å². The molecule has 9 nitrogen and oxygen atoms in total. The number of hydrogen-bond acceptors (Lipinski definition) is 6. The van der Waals surface area contributed by atoms with Crippen LogP contribution in [0.15, 0.2) is 18.5 Å². The van der Waals surface area contributed by atoms with Gasteiger partial charge in [0.1, 0.15) is 18.1 Å². The predicted molar refractivity (Wildman–Crippen MR) is 76.4 cm³/mol. The third kappa shape index (κ3) is 3.31. The lowest BCUT2D eigenvalue weighted by Crippen LogP contribution is -2.18. The van der Waals surface area contributed by atoms with Crippen molar-refractivity contribution in [3.63, 3.8) is 0 Å². The summed E-state index contributed by atoms with van der Waals surface area (Å²) in [5.74, 6) is -0.746. The molecule has 0 fully saturated rings. The Morgan fingerprint density at radius 1 is 1.41 bits per heavy atom. The highest BCUT2D eigenvalue weighted by atomic mass is 16.5. The van der Waals surface area contributed by atoms with Crippen molar-refractivity contribution < 1.29 is 19.1 Å². The van der Waals surface area contributed by atoms with E-state index >= 15 is 0 Å². The third-order valence-electron chi connectivity index (χ3n) is 2.80. The van der Waals surface area contributed by atoms with Gasteiger partial charge in [0.15, 0.2) is 5.69 Å². The van der Waals surface area contributed by atoms with Gasteiger partial charge in [-0.05, 0) is 13.0 Å². The molecule has 1 amide bonds. The SMILES string of the molecule is CCOC(=O)c1cnn(C)c1NC(=O)c1ccn(COC)n1. The molecule has 2 rings (SSSR count). The highest BCUT2D eigenvalue weighted by molar-refractivity contribution is 6.06. The molecule has 0 aliphatic heterocycles. The molecule has 118 valence electrons. The van der Waals surface area contributed by atoms with E-state index in [2.05, 4.69) is 15.5 Å². The first-order chi connectivity index (χ1) is 10.6. The number of nitrogens with zero attached hydrogens (tertiary/aromatic N) is 4. The van der Waals surface area contributed by atoms with Crippen molar-refractivity contribution in [2.75, 3.05) is 19.0 Å². The molecule has 0 radical (unpaired) electrons. The Morgan fingerprint density at radius 2 is 2.18 bits per heavy atom. The summed E-state index contributed by atoms with van der Waals surface area (Å²) in [5.41, 5.74) is 0.391. The minimum atomic E-state index is -0.546. The summed E-state index contributed by atoms with van der Waals surface area (Å²) in [6, 6.07) is 1.55. The van der Waals surface area contributed by atoms with Crippen molar-refractivity contribution in [3.05, 3.63) is 29.7 Å². The van der Waals surface area contributed by atoms with Crippen LogP contribution in [-0.4, -0.2) is 45.2 Å². The van der Waals surface area contributed by atoms with Gasteiger partial charge in [-0.2, -0.15) is 10.2 Å². The molecule has 22 heavy (non-hydrogen) atoms. The standard InChI is InChI=1S/C13H17N5O4/c1-4-22-13(20)9-7-14-17(2)11(9)15-12(19)10-5-6-18(16-10)8-21-3/h5-7H,4,8H2,1-3H3,(H,15,19). The van der Waals surface area contributed by atoms with E-state index in [1.807, 2.05) is 0 Å². The lowest BCUT2D eigenvalue weighted by molar-refractivity contribution is 0.0527. The Bertz CT molecular complexity index is 676. The van der Waals surface area contributed by atoms with Crippen LogP contribution in [0.2, 0.25) is 0 Å². The van der Waals surface area contributed by atoms with Gasteiger partial charge in [0.25, 0.3) is 5.91 Å². The minimum absolute atomic E-state index is 0.189. The molecule has 0 aliphatic carbocycles. The molecule has 2 aromatic rings. The van der Waals surface area contributed by atoms with Crippen molar-refractivity contribution in [2.45, 2.75) is 13.7 Å². The number of methoxy groups -OCH3 is 1. The first-order valence-corrected chi connectivity index (χ1v) is 6.59. The summed E-state index contributed by atoms with van der Waals surface area (Å²) in [4.78, 5) is 24.0. The molecule has 0 saturated heterocycles. The van der Waals surface area contributed by atoms with Crippen LogP contribution in [0.5, 0.6) is 0 Å². The van der Waals surface area contributed by atoms with Crippen LogP contribution < -0.4 is 5.32 Å². The molecule has 0 bridgehead atoms. The largest absolute Gasteiger partial charge is 0.462 e. The van der Waals surface area contributed by atoms with Crippen molar-refractivity contribution in [1.82, 2.24) is 19.6 Å². The van der Waals surface area contributed by atoms with Gasteiger partial charge in [-0.3, -0.25) is 9.48 Å². The summed E-state index contributed by atoms with van der Waals surface area (Å²) in [7, 11) is 3.14. The van der Waals surface area contributed by atoms with Crippen LogP contribution in [0.1, 0.15) is 27.8 Å². The zero-order valence-corrected chi connectivity index (χ0v) is 12.6. The van der Waals surface area contributed by atoms with Gasteiger partial charge >= 0.3 is 5.97 Å². The van der Waals surface area contributed by atoms with E-state index < -0.39 is 11.9 Å². The van der Waals surface area contributed by atoms with Gasteiger partial charge < -0.3 is 14.8 Å². The Kier molecular flexibility index (Phi) is 4.89. The van der Waals surface area contributed by atoms with Crippen LogP contribution in [0.25, 0.3) is 0 Å². The fraction of sp³-hybridized carbons (Fsp3) is 0.385. The summed E-state index contributed by atoms with van der Waals surface area (Å²) in [6.07, 6.45) is 2.96. The number of carbonyl (C=O) groups is 2. The number of ether oxygens (including phenoxy) is 2. The van der Waals surface area contributed by atoms with E-state index in [0.717, 1.165) is 0 Å². The third-order valence-corrected chi connectivity index (χ3v) is 2.80. The fourth-order valence-corrected chi connectivity index (χ4v) is 1.80. The van der Waals surface area contributed by atoms with Crippen LogP contribution >= 0.6 is 0 Å². The summed E-state index contributed by atoms with van der Waals surface area (Å²) in [5, 5.41) is 10.6. The monoisotopic (exact) mass is 307 g/mol. The maximum Gasteiger partial charge on any atom is 0.343 e. The number of hydrogen-bond donors (Lipinski definition) is 1. The summed E-state index contributed by atoms with van der Waals surface area (Å²) < 4.78 is 12.7. The summed E-state index contributed by atoms with van der Waals surface area (Å²) in [6.45, 7) is 2.19. The van der Waals surface area contributed by atoms with Gasteiger partial charge in [0.05, 0.1) is 12.8 Å². The first-order valence-electron chi connectivity index (χ1n) is 6.59. The second-order valence-corrected chi connectivity index (χ2v) is 4.36. The molecule has 0 saturated carbocycles. The second kappa shape index (κ2) is 6.85. The van der Waals surface area contributed by atoms with Crippen molar-refractivity contribution in [2.24, 2.45) is 7.05 Å². The van der Waals surface area contributed by atoms with Crippen LogP contribution in [-0.2, 0) is 23.3 Å². The maximum absolute atomic E-state index is 12.2. The molecule has 9 heteroatoms. The van der Waals surface area contributed by atoms with Crippen LogP contribution in [0, 0.1) is 0 Å². The molecule has 0 atom stereocenters. The zero-order valence-electron chi connectivity index (χ0n) is 12.6. The fourth-order valence-electron chi connectivity index (χ4n) is 1.80. The Hall–Kier alpha value is -2.68. The van der Waals surface area contributed by atoms with Crippen LogP contribution in [0.3, 0.4) is 0 Å². The molecule has 2 aromatic heterocycles. The normalized spacial score (nSPS) is 10.5. The molecule has 0 aliphatic rings. The van der Waals surface area contributed by atoms with Crippen molar-refractivity contribution in [3.8, 4) is 0 Å². The van der Waals surface area contributed by atoms with Gasteiger partial charge in [-0.25, -0.2) is 9.48 Å². The highest BCUT2D eigenvalue weighted by Gasteiger charge is 2.20. The molecule has 0 aromatic carbocycles. The van der Waals surface area contributed by atoms with Gasteiger partial charge in [-0.1, -0.05) is 0 Å². The molecule has 0 unspecified atom stereocenters. The average molecular weight is 307 g/mol. The number of rotatable bonds is 6. The van der Waals surface area contributed by atoms with Gasteiger partial charge in [-0.15, -0.1) is 0 Å². The molecule has 0 spiro atoms. The van der Waals surface area contributed by atoms with E-state index in [1.54, 1.807) is 26.2 Å². The van der Waals surface area contributed by atoms with Gasteiger partial charge in [0.2, 0.25) is 0 Å². The quantitative estimate of drug-likeness (QED) is 0.786. The van der Waals surface area contributed by atoms with Crippen molar-refractivity contribution >= 4 is 17.7 Å². The molecular weight excluding hydrogens is 290 g/mol. The van der Waals surface area contributed by atoms with Crippen molar-refractivity contribution in [1.29, 1.82) is 0 Å². The highest BCUT2D eigenvalue weighted by Crippen LogP contribution is 2.16. The van der Waals surface area contributed by atoms with E-state index in [0.29, 0.717) is 0 Å². The lowest BCUT2D eigenvalue weighted by Gasteiger charge is -2.07. The van der Waals surface area contributed by atoms with E-state index in [9.17, 15) is 9.59 Å². The van der Waals surface area contributed by atoms with Crippen LogP contribution in [0.4, 0.5) is 5.82 Å². The van der Waals surface area contributed by atoms with E-state index in [1.165, 1.54) is 22.7 Å². The Balaban J connectivity index is 2.17.